The highest BCUT2D eigenvalue weighted by atomic mass is 16.7. The van der Waals surface area contributed by atoms with Crippen LogP contribution in [-0.4, -0.2) is 18.3 Å². The minimum atomic E-state index is -0.0369. The summed E-state index contributed by atoms with van der Waals surface area (Å²) in [7, 11) is 0.0262. The van der Waals surface area contributed by atoms with Crippen LogP contribution in [0.2, 0.25) is 6.32 Å². The zero-order chi connectivity index (χ0) is 12.5. The van der Waals surface area contributed by atoms with Crippen molar-refractivity contribution in [1.29, 1.82) is 0 Å². The summed E-state index contributed by atoms with van der Waals surface area (Å²) in [6.07, 6.45) is 4.72. The second-order valence-electron chi connectivity index (χ2n) is 7.51. The summed E-state index contributed by atoms with van der Waals surface area (Å²) in [6, 6.07) is 0. The summed E-state index contributed by atoms with van der Waals surface area (Å²) in [4.78, 5) is 0. The van der Waals surface area contributed by atoms with Crippen LogP contribution in [0.15, 0.2) is 0 Å². The molecular weight excluding hydrogens is 211 g/mol. The smallest absolute Gasteiger partial charge is 0.403 e. The van der Waals surface area contributed by atoms with Gasteiger partial charge < -0.3 is 9.31 Å². The molecule has 17 heavy (non-hydrogen) atoms. The van der Waals surface area contributed by atoms with Gasteiger partial charge in [0.2, 0.25) is 0 Å². The Morgan fingerprint density at radius 2 is 1.94 bits per heavy atom. The Bertz CT molecular complexity index is 341. The summed E-state index contributed by atoms with van der Waals surface area (Å²) in [5, 5.41) is 0. The summed E-state index contributed by atoms with van der Waals surface area (Å²) in [6.45, 7) is 11.5. The first kappa shape index (κ1) is 12.0. The van der Waals surface area contributed by atoms with Gasteiger partial charge in [-0.05, 0) is 49.8 Å². The van der Waals surface area contributed by atoms with Gasteiger partial charge in [-0.25, -0.2) is 0 Å². The molecule has 1 heterocycles. The number of rotatable bonds is 2. The molecule has 2 nitrogen and oxygen atoms in total. The topological polar surface area (TPSA) is 18.5 Å². The Labute approximate surface area is 106 Å². The van der Waals surface area contributed by atoms with Crippen LogP contribution in [0, 0.1) is 17.3 Å². The molecule has 4 aliphatic rings. The van der Waals surface area contributed by atoms with E-state index < -0.39 is 0 Å². The van der Waals surface area contributed by atoms with Gasteiger partial charge in [-0.3, -0.25) is 0 Å². The van der Waals surface area contributed by atoms with Crippen molar-refractivity contribution in [2.24, 2.45) is 17.3 Å². The maximum Gasteiger partial charge on any atom is 0.458 e. The van der Waals surface area contributed by atoms with Gasteiger partial charge in [0.1, 0.15) is 0 Å². The van der Waals surface area contributed by atoms with Crippen LogP contribution in [-0.2, 0) is 9.31 Å². The van der Waals surface area contributed by atoms with E-state index in [1.54, 1.807) is 0 Å². The van der Waals surface area contributed by atoms with Crippen molar-refractivity contribution in [3.05, 3.63) is 0 Å². The van der Waals surface area contributed by atoms with Gasteiger partial charge in [-0.2, -0.15) is 0 Å². The lowest BCUT2D eigenvalue weighted by Crippen LogP contribution is -2.73. The normalized spacial score (nSPS) is 46.9. The van der Waals surface area contributed by atoms with E-state index in [9.17, 15) is 0 Å². The molecule has 0 aromatic carbocycles. The van der Waals surface area contributed by atoms with Crippen LogP contribution < -0.4 is 0 Å². The molecule has 3 unspecified atom stereocenters. The molecule has 0 aromatic heterocycles. The summed E-state index contributed by atoms with van der Waals surface area (Å²) >= 11 is 0. The Balaban J connectivity index is 1.87. The van der Waals surface area contributed by atoms with Gasteiger partial charge >= 0.3 is 7.12 Å². The minimum Gasteiger partial charge on any atom is -0.403 e. The van der Waals surface area contributed by atoms with Gasteiger partial charge in [0.25, 0.3) is 0 Å². The highest BCUT2D eigenvalue weighted by Gasteiger charge is 2.75. The van der Waals surface area contributed by atoms with Crippen LogP contribution >= 0.6 is 0 Å². The molecule has 96 valence electrons. The van der Waals surface area contributed by atoms with Crippen molar-refractivity contribution < 1.29 is 9.31 Å². The average molecular weight is 236 g/mol. The van der Waals surface area contributed by atoms with E-state index in [1.807, 2.05) is 0 Å². The zero-order valence-corrected chi connectivity index (χ0v) is 11.9. The van der Waals surface area contributed by atoms with Gasteiger partial charge in [0.05, 0.1) is 11.2 Å². The van der Waals surface area contributed by atoms with Crippen LogP contribution in [0.1, 0.15) is 53.9 Å². The molecule has 1 aliphatic heterocycles. The number of hydrogen-bond donors (Lipinski definition) is 0. The number of fused-ring (bicyclic) bond motifs is 1. The standard InChI is InChI=1S/C14H25BO2/c1-10(2)9-15-16-13(5)7-6-11-8-14(13,17-15)12(11,3)4/h10-11H,6-9H2,1-5H3. The minimum absolute atomic E-state index is 0.00245. The van der Waals surface area contributed by atoms with Gasteiger partial charge in [0.15, 0.2) is 0 Å². The molecule has 1 spiro atoms. The van der Waals surface area contributed by atoms with Crippen molar-refractivity contribution in [3.63, 3.8) is 0 Å². The predicted octanol–water partition coefficient (Wildman–Crippen LogP) is 3.51. The lowest BCUT2D eigenvalue weighted by atomic mass is 9.41. The van der Waals surface area contributed by atoms with E-state index in [-0.39, 0.29) is 18.3 Å². The predicted molar refractivity (Wildman–Crippen MR) is 69.8 cm³/mol. The molecule has 4 rings (SSSR count). The van der Waals surface area contributed by atoms with E-state index in [0.717, 1.165) is 12.2 Å². The third kappa shape index (κ3) is 1.30. The highest BCUT2D eigenvalue weighted by molar-refractivity contribution is 6.45. The molecule has 3 aliphatic carbocycles. The molecule has 0 aromatic rings. The second kappa shape index (κ2) is 3.30. The fourth-order valence-electron chi connectivity index (χ4n) is 4.57. The molecule has 2 bridgehead atoms. The number of hydrogen-bond acceptors (Lipinski definition) is 2. The Kier molecular flexibility index (Phi) is 2.34. The third-order valence-electron chi connectivity index (χ3n) is 5.81. The van der Waals surface area contributed by atoms with Crippen molar-refractivity contribution in [1.82, 2.24) is 0 Å². The SMILES string of the molecule is CC(C)CB1OC2(C)CCC3CC2(O1)C3(C)C. The van der Waals surface area contributed by atoms with E-state index >= 15 is 0 Å². The lowest BCUT2D eigenvalue weighted by Gasteiger charge is -2.69. The summed E-state index contributed by atoms with van der Waals surface area (Å²) in [5.74, 6) is 1.48. The Hall–Kier alpha value is -0.0151. The van der Waals surface area contributed by atoms with Crippen LogP contribution in [0.3, 0.4) is 0 Å². The summed E-state index contributed by atoms with van der Waals surface area (Å²) < 4.78 is 12.7. The van der Waals surface area contributed by atoms with Crippen LogP contribution in [0.5, 0.6) is 0 Å². The van der Waals surface area contributed by atoms with E-state index in [2.05, 4.69) is 34.6 Å². The molecule has 1 saturated heterocycles. The molecule has 4 fully saturated rings. The first-order chi connectivity index (χ1) is 7.81. The molecule has 3 saturated carbocycles. The van der Waals surface area contributed by atoms with Crippen molar-refractivity contribution in [3.8, 4) is 0 Å². The van der Waals surface area contributed by atoms with Crippen LogP contribution in [0.4, 0.5) is 0 Å². The maximum atomic E-state index is 6.43. The van der Waals surface area contributed by atoms with Gasteiger partial charge in [-0.15, -0.1) is 0 Å². The zero-order valence-electron chi connectivity index (χ0n) is 11.9. The van der Waals surface area contributed by atoms with Gasteiger partial charge in [0, 0.05) is 0 Å². The lowest BCUT2D eigenvalue weighted by molar-refractivity contribution is -0.257. The molecular formula is C14H25BO2. The van der Waals surface area contributed by atoms with Crippen molar-refractivity contribution >= 4 is 7.12 Å². The Morgan fingerprint density at radius 1 is 1.24 bits per heavy atom. The highest BCUT2D eigenvalue weighted by Crippen LogP contribution is 2.70. The molecule has 3 atom stereocenters. The molecule has 0 amide bonds. The fraction of sp³-hybridized carbons (Fsp3) is 1.00. The Morgan fingerprint density at radius 3 is 2.47 bits per heavy atom. The maximum absolute atomic E-state index is 6.43. The fourth-order valence-corrected chi connectivity index (χ4v) is 4.57. The first-order valence-corrected chi connectivity index (χ1v) is 7.16. The summed E-state index contributed by atoms with van der Waals surface area (Å²) in [5.41, 5.74) is 0.263. The third-order valence-corrected chi connectivity index (χ3v) is 5.81. The second-order valence-corrected chi connectivity index (χ2v) is 7.51. The first-order valence-electron chi connectivity index (χ1n) is 7.16. The largest absolute Gasteiger partial charge is 0.458 e. The van der Waals surface area contributed by atoms with Crippen molar-refractivity contribution in [2.45, 2.75) is 71.4 Å². The monoisotopic (exact) mass is 236 g/mol. The van der Waals surface area contributed by atoms with Crippen LogP contribution in [0.25, 0.3) is 0 Å². The van der Waals surface area contributed by atoms with Gasteiger partial charge in [-0.1, -0.05) is 27.7 Å². The molecule has 0 radical (unpaired) electrons. The van der Waals surface area contributed by atoms with E-state index in [1.165, 1.54) is 19.3 Å². The van der Waals surface area contributed by atoms with E-state index in [0.29, 0.717) is 11.3 Å². The van der Waals surface area contributed by atoms with E-state index in [4.69, 9.17) is 9.31 Å². The quantitative estimate of drug-likeness (QED) is 0.683. The molecule has 3 heteroatoms. The molecule has 0 N–H and O–H groups in total. The van der Waals surface area contributed by atoms with Crippen molar-refractivity contribution in [2.75, 3.05) is 0 Å². The average Bonchev–Trinajstić information content (AvgIpc) is 2.50.